The first-order valence-electron chi connectivity index (χ1n) is 7.95. The number of hydrogen-bond donors (Lipinski definition) is 2. The zero-order valence-corrected chi connectivity index (χ0v) is 14.8. The first kappa shape index (κ1) is 17.3. The Bertz CT molecular complexity index is 829. The second kappa shape index (κ2) is 7.17. The van der Waals surface area contributed by atoms with Crippen molar-refractivity contribution in [1.29, 1.82) is 0 Å². The van der Waals surface area contributed by atoms with Gasteiger partial charge in [0.15, 0.2) is 0 Å². The number of hydrogen-bond acceptors (Lipinski definition) is 6. The molecule has 130 valence electrons. The van der Waals surface area contributed by atoms with Crippen LogP contribution < -0.4 is 16.1 Å². The average molecular weight is 368 g/mol. The molecule has 1 unspecified atom stereocenters. The van der Waals surface area contributed by atoms with E-state index in [0.717, 1.165) is 25.0 Å². The molecule has 7 nitrogen and oxygen atoms in total. The predicted molar refractivity (Wildman–Crippen MR) is 95.1 cm³/mol. The molecule has 3 rings (SSSR count). The highest BCUT2D eigenvalue weighted by atomic mass is 32.2. The molecule has 0 amide bonds. The second-order valence-corrected chi connectivity index (χ2v) is 9.25. The van der Waals surface area contributed by atoms with Crippen LogP contribution >= 0.6 is 11.8 Å². The first-order chi connectivity index (χ1) is 11.5. The summed E-state index contributed by atoms with van der Waals surface area (Å²) in [7, 11) is -3.27. The van der Waals surface area contributed by atoms with E-state index in [1.54, 1.807) is 22.5 Å². The summed E-state index contributed by atoms with van der Waals surface area (Å²) in [6.45, 7) is 0.0234. The molecule has 1 aromatic rings. The highest BCUT2D eigenvalue weighted by molar-refractivity contribution is 7.99. The smallest absolute Gasteiger partial charge is 0.350 e. The lowest BCUT2D eigenvalue weighted by atomic mass is 10.0. The Hall–Kier alpha value is -1.50. The van der Waals surface area contributed by atoms with E-state index in [9.17, 15) is 13.2 Å². The van der Waals surface area contributed by atoms with E-state index in [-0.39, 0.29) is 28.7 Å². The summed E-state index contributed by atoms with van der Waals surface area (Å²) < 4.78 is 27.9. The topological polar surface area (TPSA) is 107 Å². The Morgan fingerprint density at radius 2 is 2.17 bits per heavy atom. The fourth-order valence-electron chi connectivity index (χ4n) is 2.64. The van der Waals surface area contributed by atoms with Crippen molar-refractivity contribution >= 4 is 27.6 Å². The van der Waals surface area contributed by atoms with Crippen molar-refractivity contribution in [3.63, 3.8) is 0 Å². The van der Waals surface area contributed by atoms with Crippen molar-refractivity contribution in [1.82, 2.24) is 14.3 Å². The lowest BCUT2D eigenvalue weighted by Gasteiger charge is -2.24. The van der Waals surface area contributed by atoms with E-state index in [2.05, 4.69) is 21.5 Å². The van der Waals surface area contributed by atoms with Crippen LogP contribution in [0, 0.1) is 11.8 Å². The molecule has 2 fully saturated rings. The van der Waals surface area contributed by atoms with Crippen LogP contribution in [0.3, 0.4) is 0 Å². The summed E-state index contributed by atoms with van der Waals surface area (Å²) in [5.74, 6) is 6.67. The molecular weight excluding hydrogens is 348 g/mol. The Labute approximate surface area is 145 Å². The minimum absolute atomic E-state index is 0.0234. The normalized spacial score (nSPS) is 21.1. The van der Waals surface area contributed by atoms with Crippen molar-refractivity contribution in [3.05, 3.63) is 22.2 Å². The van der Waals surface area contributed by atoms with Crippen molar-refractivity contribution < 1.29 is 8.42 Å². The van der Waals surface area contributed by atoms with Crippen LogP contribution in [0.5, 0.6) is 0 Å². The molecule has 1 aliphatic heterocycles. The van der Waals surface area contributed by atoms with Crippen molar-refractivity contribution in [2.75, 3.05) is 18.0 Å². The maximum absolute atomic E-state index is 12.0. The van der Waals surface area contributed by atoms with E-state index in [4.69, 9.17) is 5.73 Å². The van der Waals surface area contributed by atoms with Crippen LogP contribution in [-0.4, -0.2) is 35.5 Å². The minimum Gasteiger partial charge on any atom is -0.382 e. The molecule has 1 saturated heterocycles. The van der Waals surface area contributed by atoms with Gasteiger partial charge in [-0.15, -0.1) is 11.8 Å². The Balaban J connectivity index is 1.71. The average Bonchev–Trinajstić information content (AvgIpc) is 2.96. The fraction of sp³-hybridized carbons (Fsp3) is 0.600. The molecule has 0 spiro atoms. The molecule has 0 bridgehead atoms. The Morgan fingerprint density at radius 1 is 1.38 bits per heavy atom. The largest absolute Gasteiger partial charge is 0.382 e. The van der Waals surface area contributed by atoms with Crippen LogP contribution in [0.4, 0.5) is 5.82 Å². The summed E-state index contributed by atoms with van der Waals surface area (Å²) in [5, 5.41) is -0.212. The molecule has 2 aliphatic rings. The highest BCUT2D eigenvalue weighted by Crippen LogP contribution is 2.34. The lowest BCUT2D eigenvalue weighted by molar-refractivity contribution is 0.471. The van der Waals surface area contributed by atoms with Crippen molar-refractivity contribution in [2.45, 2.75) is 42.7 Å². The van der Waals surface area contributed by atoms with Crippen molar-refractivity contribution in [3.8, 4) is 11.8 Å². The number of nitrogens with one attached hydrogen (secondary N) is 1. The van der Waals surface area contributed by atoms with Gasteiger partial charge in [-0.2, -0.15) is 4.98 Å². The quantitative estimate of drug-likeness (QED) is 0.757. The van der Waals surface area contributed by atoms with Crippen molar-refractivity contribution in [2.24, 2.45) is 0 Å². The zero-order chi connectivity index (χ0) is 17.2. The predicted octanol–water partition coefficient (Wildman–Crippen LogP) is 0.674. The molecule has 1 aliphatic carbocycles. The number of thioether (sulfide) groups is 1. The molecule has 3 N–H and O–H groups in total. The van der Waals surface area contributed by atoms with Gasteiger partial charge in [-0.25, -0.2) is 17.9 Å². The molecule has 24 heavy (non-hydrogen) atoms. The van der Waals surface area contributed by atoms with E-state index in [1.165, 1.54) is 0 Å². The number of nitrogens with two attached hydrogens (primary N) is 1. The summed E-state index contributed by atoms with van der Waals surface area (Å²) in [6.07, 6.45) is 5.99. The van der Waals surface area contributed by atoms with Gasteiger partial charge in [0.2, 0.25) is 10.0 Å². The van der Waals surface area contributed by atoms with E-state index in [1.807, 2.05) is 0 Å². The summed E-state index contributed by atoms with van der Waals surface area (Å²) in [4.78, 5) is 15.8. The van der Waals surface area contributed by atoms with Gasteiger partial charge in [0, 0.05) is 6.20 Å². The fourth-order valence-corrected chi connectivity index (χ4v) is 5.35. The summed E-state index contributed by atoms with van der Waals surface area (Å²) in [5.41, 5.74) is 5.84. The molecule has 9 heteroatoms. The van der Waals surface area contributed by atoms with Gasteiger partial charge >= 0.3 is 5.69 Å². The molecule has 1 atom stereocenters. The monoisotopic (exact) mass is 368 g/mol. The second-order valence-electron chi connectivity index (χ2n) is 5.92. The van der Waals surface area contributed by atoms with Gasteiger partial charge in [-0.05, 0) is 31.4 Å². The standard InChI is InChI=1S/C15H20N4O3S2/c16-14-11(4-2-8-17-24(21,22)12-5-1-6-12)10-19(15(20)18-14)13-7-3-9-23-13/h10,12-13,17H,1,3,5-9H2,(H2,16,18,20). The number of nitrogen functional groups attached to an aromatic ring is 1. The number of anilines is 1. The van der Waals surface area contributed by atoms with Gasteiger partial charge < -0.3 is 5.73 Å². The molecule has 1 aromatic heterocycles. The van der Waals surface area contributed by atoms with Gasteiger partial charge in [0.05, 0.1) is 22.7 Å². The number of nitrogens with zero attached hydrogens (tertiary/aromatic N) is 2. The van der Waals surface area contributed by atoms with Gasteiger partial charge in [-0.1, -0.05) is 18.3 Å². The lowest BCUT2D eigenvalue weighted by Crippen LogP contribution is -2.38. The highest BCUT2D eigenvalue weighted by Gasteiger charge is 2.30. The Morgan fingerprint density at radius 3 is 2.79 bits per heavy atom. The van der Waals surface area contributed by atoms with Crippen LogP contribution in [0.25, 0.3) is 0 Å². The van der Waals surface area contributed by atoms with Crippen LogP contribution in [-0.2, 0) is 10.0 Å². The van der Waals surface area contributed by atoms with Crippen LogP contribution in [0.2, 0.25) is 0 Å². The van der Waals surface area contributed by atoms with Crippen LogP contribution in [0.15, 0.2) is 11.0 Å². The minimum atomic E-state index is -3.27. The van der Waals surface area contributed by atoms with Gasteiger partial charge in [0.25, 0.3) is 0 Å². The summed E-state index contributed by atoms with van der Waals surface area (Å²) in [6, 6.07) is 0. The first-order valence-corrected chi connectivity index (χ1v) is 10.5. The molecule has 0 aromatic carbocycles. The van der Waals surface area contributed by atoms with E-state index >= 15 is 0 Å². The number of rotatable bonds is 4. The molecule has 1 saturated carbocycles. The molecular formula is C15H20N4O3S2. The third-order valence-corrected chi connectivity index (χ3v) is 7.54. The number of aromatic nitrogens is 2. The van der Waals surface area contributed by atoms with Crippen LogP contribution in [0.1, 0.15) is 43.0 Å². The van der Waals surface area contributed by atoms with Gasteiger partial charge in [-0.3, -0.25) is 4.57 Å². The molecule has 2 heterocycles. The Kier molecular flexibility index (Phi) is 5.18. The summed E-state index contributed by atoms with van der Waals surface area (Å²) >= 11 is 1.71. The third kappa shape index (κ3) is 3.77. The third-order valence-electron chi connectivity index (χ3n) is 4.27. The maximum atomic E-state index is 12.0. The van der Waals surface area contributed by atoms with E-state index < -0.39 is 10.0 Å². The van der Waals surface area contributed by atoms with E-state index in [0.29, 0.717) is 18.4 Å². The molecule has 0 radical (unpaired) electrons. The van der Waals surface area contributed by atoms with Gasteiger partial charge in [0.1, 0.15) is 5.82 Å². The number of sulfonamides is 1. The maximum Gasteiger partial charge on any atom is 0.350 e. The zero-order valence-electron chi connectivity index (χ0n) is 13.2. The SMILES string of the molecule is Nc1nc(=O)n(C2CCCS2)cc1C#CCNS(=O)(=O)C1CCC1.